The number of aromatic nitrogens is 4. The number of hydrogen-bond donors (Lipinski definition) is 0. The summed E-state index contributed by atoms with van der Waals surface area (Å²) in [6.07, 6.45) is 3.13. The highest BCUT2D eigenvalue weighted by atomic mass is 32.2. The van der Waals surface area contributed by atoms with Crippen molar-refractivity contribution in [1.29, 1.82) is 0 Å². The Hall–Kier alpha value is -2.48. The van der Waals surface area contributed by atoms with E-state index < -0.39 is 5.97 Å². The monoisotopic (exact) mass is 332 g/mol. The molecule has 3 rings (SSSR count). The summed E-state index contributed by atoms with van der Waals surface area (Å²) in [5.74, 6) is -0.535. The van der Waals surface area contributed by atoms with Crippen LogP contribution in [0.25, 0.3) is 11.0 Å². The first kappa shape index (κ1) is 15.4. The van der Waals surface area contributed by atoms with Gasteiger partial charge in [-0.05, 0) is 23.8 Å². The third-order valence-electron chi connectivity index (χ3n) is 3.32. The van der Waals surface area contributed by atoms with Crippen molar-refractivity contribution in [3.63, 3.8) is 0 Å². The molecule has 0 saturated heterocycles. The van der Waals surface area contributed by atoms with Gasteiger partial charge in [-0.2, -0.15) is 5.10 Å². The molecule has 0 aliphatic heterocycles. The van der Waals surface area contributed by atoms with Crippen LogP contribution in [-0.4, -0.2) is 32.8 Å². The fourth-order valence-corrected chi connectivity index (χ4v) is 3.07. The second-order valence-electron chi connectivity index (χ2n) is 4.77. The first-order chi connectivity index (χ1) is 11.1. The summed E-state index contributed by atoms with van der Waals surface area (Å²) in [6, 6.07) is 4.16. The van der Waals surface area contributed by atoms with E-state index >= 15 is 0 Å². The number of fused-ring (bicyclic) bond motifs is 1. The smallest absolute Gasteiger partial charge is 0.337 e. The second kappa shape index (κ2) is 6.33. The molecule has 0 radical (unpaired) electrons. The zero-order valence-electron chi connectivity index (χ0n) is 12.5. The van der Waals surface area contributed by atoms with Crippen LogP contribution in [0.5, 0.6) is 0 Å². The molecule has 23 heavy (non-hydrogen) atoms. The number of esters is 1. The van der Waals surface area contributed by atoms with Gasteiger partial charge in [-0.3, -0.25) is 4.68 Å². The summed E-state index contributed by atoms with van der Waals surface area (Å²) in [5, 5.41) is 5.67. The number of carbonyl (C=O) groups is 1. The summed E-state index contributed by atoms with van der Waals surface area (Å²) in [7, 11) is 3.09. The number of thioether (sulfide) groups is 1. The number of benzene rings is 1. The van der Waals surface area contributed by atoms with Crippen molar-refractivity contribution in [2.45, 2.75) is 10.8 Å². The van der Waals surface area contributed by atoms with Gasteiger partial charge in [-0.1, -0.05) is 0 Å². The normalized spacial score (nSPS) is 10.9. The lowest BCUT2D eigenvalue weighted by molar-refractivity contribution is 0.0600. The van der Waals surface area contributed by atoms with Crippen LogP contribution in [0.2, 0.25) is 0 Å². The van der Waals surface area contributed by atoms with E-state index in [1.54, 1.807) is 17.9 Å². The van der Waals surface area contributed by atoms with E-state index in [1.807, 2.05) is 0 Å². The first-order valence-electron chi connectivity index (χ1n) is 6.72. The number of ether oxygens (including phenoxy) is 1. The Kier molecular flexibility index (Phi) is 4.24. The highest BCUT2D eigenvalue weighted by Crippen LogP contribution is 2.28. The molecular formula is C15H13FN4O2S. The highest BCUT2D eigenvalue weighted by molar-refractivity contribution is 7.98. The highest BCUT2D eigenvalue weighted by Gasteiger charge is 2.13. The van der Waals surface area contributed by atoms with Crippen molar-refractivity contribution in [2.24, 2.45) is 7.05 Å². The zero-order valence-corrected chi connectivity index (χ0v) is 13.3. The average Bonchev–Trinajstić information content (AvgIpc) is 2.95. The number of hydrogen-bond acceptors (Lipinski definition) is 6. The van der Waals surface area contributed by atoms with E-state index in [-0.39, 0.29) is 5.82 Å². The average molecular weight is 332 g/mol. The number of aryl methyl sites for hydroxylation is 1. The standard InChI is InChI=1S/C15H13FN4O2S/c1-20-13-11(6-19-20)14(18-8-17-13)23-7-10-5-9(15(21)22-2)3-4-12(10)16/h3-6,8H,7H2,1-2H3. The van der Waals surface area contributed by atoms with E-state index in [2.05, 4.69) is 19.8 Å². The van der Waals surface area contributed by atoms with Gasteiger partial charge in [-0.25, -0.2) is 19.2 Å². The van der Waals surface area contributed by atoms with Crippen LogP contribution < -0.4 is 0 Å². The number of rotatable bonds is 4. The molecule has 3 aromatic rings. The molecule has 6 nitrogen and oxygen atoms in total. The number of carbonyl (C=O) groups excluding carboxylic acids is 1. The van der Waals surface area contributed by atoms with Gasteiger partial charge in [0.15, 0.2) is 5.65 Å². The molecule has 8 heteroatoms. The minimum Gasteiger partial charge on any atom is -0.465 e. The van der Waals surface area contributed by atoms with E-state index in [0.29, 0.717) is 27.6 Å². The lowest BCUT2D eigenvalue weighted by atomic mass is 10.1. The maximum atomic E-state index is 13.9. The van der Waals surface area contributed by atoms with E-state index in [4.69, 9.17) is 0 Å². The van der Waals surface area contributed by atoms with Gasteiger partial charge < -0.3 is 4.74 Å². The lowest BCUT2D eigenvalue weighted by Gasteiger charge is -2.06. The molecule has 118 valence electrons. The molecule has 0 fully saturated rings. The molecule has 2 heterocycles. The predicted octanol–water partition coefficient (Wildman–Crippen LogP) is 2.58. The molecule has 0 spiro atoms. The summed E-state index contributed by atoms with van der Waals surface area (Å²) in [6.45, 7) is 0. The van der Waals surface area contributed by atoms with Gasteiger partial charge in [0, 0.05) is 12.8 Å². The first-order valence-corrected chi connectivity index (χ1v) is 7.71. The van der Waals surface area contributed by atoms with Gasteiger partial charge in [0.25, 0.3) is 0 Å². The Labute approximate surface area is 135 Å². The molecule has 0 saturated carbocycles. The Morgan fingerprint density at radius 3 is 3.00 bits per heavy atom. The number of methoxy groups -OCH3 is 1. The zero-order chi connectivity index (χ0) is 16.4. The molecule has 0 atom stereocenters. The Morgan fingerprint density at radius 1 is 1.39 bits per heavy atom. The number of halogens is 1. The van der Waals surface area contributed by atoms with Crippen molar-refractivity contribution >= 4 is 28.8 Å². The topological polar surface area (TPSA) is 69.9 Å². The van der Waals surface area contributed by atoms with Crippen LogP contribution in [-0.2, 0) is 17.5 Å². The molecule has 0 amide bonds. The molecule has 0 aliphatic carbocycles. The van der Waals surface area contributed by atoms with Gasteiger partial charge in [-0.15, -0.1) is 11.8 Å². The fourth-order valence-electron chi connectivity index (χ4n) is 2.13. The molecule has 1 aromatic carbocycles. The molecule has 2 aromatic heterocycles. The Bertz CT molecular complexity index is 881. The van der Waals surface area contributed by atoms with Crippen LogP contribution in [0.3, 0.4) is 0 Å². The van der Waals surface area contributed by atoms with Crippen molar-refractivity contribution in [1.82, 2.24) is 19.7 Å². The minimum atomic E-state index is -0.493. The van der Waals surface area contributed by atoms with Crippen molar-refractivity contribution < 1.29 is 13.9 Å². The minimum absolute atomic E-state index is 0.318. The predicted molar refractivity (Wildman–Crippen MR) is 83.6 cm³/mol. The third kappa shape index (κ3) is 3.02. The molecule has 0 unspecified atom stereocenters. The van der Waals surface area contributed by atoms with Crippen LogP contribution >= 0.6 is 11.8 Å². The van der Waals surface area contributed by atoms with Crippen molar-refractivity contribution in [3.8, 4) is 0 Å². The summed E-state index contributed by atoms with van der Waals surface area (Å²) >= 11 is 1.36. The number of nitrogens with zero attached hydrogens (tertiary/aromatic N) is 4. The van der Waals surface area contributed by atoms with Crippen LogP contribution in [0.4, 0.5) is 4.39 Å². The van der Waals surface area contributed by atoms with Crippen molar-refractivity contribution in [3.05, 3.63) is 47.7 Å². The third-order valence-corrected chi connectivity index (χ3v) is 4.38. The SMILES string of the molecule is COC(=O)c1ccc(F)c(CSc2ncnc3c2cnn3C)c1. The largest absolute Gasteiger partial charge is 0.465 e. The molecular weight excluding hydrogens is 319 g/mol. The summed E-state index contributed by atoms with van der Waals surface area (Å²) in [4.78, 5) is 19.9. The molecule has 0 bridgehead atoms. The van der Waals surface area contributed by atoms with Gasteiger partial charge in [0.05, 0.1) is 24.3 Å². The summed E-state index contributed by atoms with van der Waals surface area (Å²) in [5.41, 5.74) is 1.44. The van der Waals surface area contributed by atoms with Crippen molar-refractivity contribution in [2.75, 3.05) is 7.11 Å². The van der Waals surface area contributed by atoms with E-state index in [9.17, 15) is 9.18 Å². The molecule has 0 N–H and O–H groups in total. The molecule has 0 aliphatic rings. The fraction of sp³-hybridized carbons (Fsp3) is 0.200. The Balaban J connectivity index is 1.86. The van der Waals surface area contributed by atoms with E-state index in [1.165, 1.54) is 43.4 Å². The maximum Gasteiger partial charge on any atom is 0.337 e. The van der Waals surface area contributed by atoms with Gasteiger partial charge >= 0.3 is 5.97 Å². The second-order valence-corrected chi connectivity index (χ2v) is 5.73. The maximum absolute atomic E-state index is 13.9. The lowest BCUT2D eigenvalue weighted by Crippen LogP contribution is -2.02. The van der Waals surface area contributed by atoms with Gasteiger partial charge in [0.2, 0.25) is 0 Å². The van der Waals surface area contributed by atoms with Crippen LogP contribution in [0.15, 0.2) is 35.7 Å². The van der Waals surface area contributed by atoms with Crippen LogP contribution in [0, 0.1) is 5.82 Å². The van der Waals surface area contributed by atoms with Gasteiger partial charge in [0.1, 0.15) is 17.2 Å². The Morgan fingerprint density at radius 2 is 2.22 bits per heavy atom. The summed E-state index contributed by atoms with van der Waals surface area (Å²) < 4.78 is 20.2. The quantitative estimate of drug-likeness (QED) is 0.415. The van der Waals surface area contributed by atoms with E-state index in [0.717, 1.165) is 5.39 Å². The van der Waals surface area contributed by atoms with Crippen LogP contribution in [0.1, 0.15) is 15.9 Å².